The molecule has 174 valence electrons. The number of methoxy groups -OCH3 is 1. The van der Waals surface area contributed by atoms with Crippen molar-refractivity contribution in [3.8, 4) is 5.75 Å². The van der Waals surface area contributed by atoms with Gasteiger partial charge >= 0.3 is 0 Å². The normalized spacial score (nSPS) is 17.0. The fourth-order valence-corrected chi connectivity index (χ4v) is 4.70. The molecule has 0 aromatic heterocycles. The average Bonchev–Trinajstić information content (AvgIpc) is 2.82. The molecular weight excluding hydrogens is 424 g/mol. The third kappa shape index (κ3) is 5.64. The SMILES string of the molecule is CCCN(C(=O)C(C)C1(O)CCN(CCc2ccccc2Cl)CC1)c1ccccc1OC. The molecule has 1 atom stereocenters. The van der Waals surface area contributed by atoms with Crippen molar-refractivity contribution in [2.45, 2.75) is 45.1 Å². The molecule has 0 spiro atoms. The number of carbonyl (C=O) groups is 1. The van der Waals surface area contributed by atoms with Crippen molar-refractivity contribution >= 4 is 23.2 Å². The smallest absolute Gasteiger partial charge is 0.232 e. The van der Waals surface area contributed by atoms with Crippen molar-refractivity contribution in [3.63, 3.8) is 0 Å². The van der Waals surface area contributed by atoms with Gasteiger partial charge in [0.25, 0.3) is 0 Å². The predicted molar refractivity (Wildman–Crippen MR) is 131 cm³/mol. The number of carbonyl (C=O) groups excluding carboxylic acids is 1. The van der Waals surface area contributed by atoms with Crippen LogP contribution in [0.2, 0.25) is 5.02 Å². The highest BCUT2D eigenvalue weighted by molar-refractivity contribution is 6.31. The minimum Gasteiger partial charge on any atom is -0.495 e. The molecule has 1 amide bonds. The molecule has 0 saturated carbocycles. The van der Waals surface area contributed by atoms with E-state index in [2.05, 4.69) is 11.0 Å². The summed E-state index contributed by atoms with van der Waals surface area (Å²) in [4.78, 5) is 17.6. The Kier molecular flexibility index (Phi) is 8.57. The third-order valence-corrected chi connectivity index (χ3v) is 7.01. The Morgan fingerprint density at radius 2 is 1.84 bits per heavy atom. The van der Waals surface area contributed by atoms with Crippen molar-refractivity contribution in [3.05, 3.63) is 59.1 Å². The van der Waals surface area contributed by atoms with Gasteiger partial charge in [0.15, 0.2) is 0 Å². The molecule has 1 heterocycles. The first kappa shape index (κ1) is 24.6. The van der Waals surface area contributed by atoms with Crippen LogP contribution in [0, 0.1) is 5.92 Å². The number of hydrogen-bond donors (Lipinski definition) is 1. The molecule has 1 unspecified atom stereocenters. The van der Waals surface area contributed by atoms with E-state index in [1.807, 2.05) is 56.3 Å². The Hall–Kier alpha value is -2.08. The zero-order chi connectivity index (χ0) is 23.1. The summed E-state index contributed by atoms with van der Waals surface area (Å²) in [6.45, 7) is 6.92. The van der Waals surface area contributed by atoms with Crippen LogP contribution in [0.4, 0.5) is 5.69 Å². The summed E-state index contributed by atoms with van der Waals surface area (Å²) in [6.07, 6.45) is 2.86. The van der Waals surface area contributed by atoms with E-state index in [-0.39, 0.29) is 5.91 Å². The van der Waals surface area contributed by atoms with Crippen molar-refractivity contribution in [1.29, 1.82) is 0 Å². The molecule has 2 aromatic rings. The maximum atomic E-state index is 13.5. The Balaban J connectivity index is 1.64. The molecule has 5 nitrogen and oxygen atoms in total. The fourth-order valence-electron chi connectivity index (χ4n) is 4.47. The molecule has 0 radical (unpaired) electrons. The van der Waals surface area contributed by atoms with Crippen molar-refractivity contribution in [1.82, 2.24) is 4.90 Å². The van der Waals surface area contributed by atoms with E-state index in [1.54, 1.807) is 12.0 Å². The van der Waals surface area contributed by atoms with Crippen LogP contribution in [0.3, 0.4) is 0 Å². The average molecular weight is 459 g/mol. The predicted octanol–water partition coefficient (Wildman–Crippen LogP) is 4.80. The molecule has 0 bridgehead atoms. The second-order valence-electron chi connectivity index (χ2n) is 8.67. The first-order valence-corrected chi connectivity index (χ1v) is 11.9. The molecule has 32 heavy (non-hydrogen) atoms. The maximum Gasteiger partial charge on any atom is 0.232 e. The second-order valence-corrected chi connectivity index (χ2v) is 9.08. The Bertz CT molecular complexity index is 896. The van der Waals surface area contributed by atoms with Crippen molar-refractivity contribution < 1.29 is 14.6 Å². The van der Waals surface area contributed by atoms with Gasteiger partial charge in [-0.05, 0) is 49.4 Å². The van der Waals surface area contributed by atoms with Gasteiger partial charge in [0.2, 0.25) is 5.91 Å². The standard InChI is InChI=1S/C26H35ClN2O3/c1-4-16-29(23-11-7-8-12-24(23)32-3)25(30)20(2)26(31)14-18-28(19-15-26)17-13-21-9-5-6-10-22(21)27/h5-12,20,31H,4,13-19H2,1-3H3. The van der Waals surface area contributed by atoms with Gasteiger partial charge in [-0.15, -0.1) is 0 Å². The first-order valence-electron chi connectivity index (χ1n) is 11.5. The first-order chi connectivity index (χ1) is 15.4. The van der Waals surface area contributed by atoms with Crippen LogP contribution >= 0.6 is 11.6 Å². The van der Waals surface area contributed by atoms with E-state index >= 15 is 0 Å². The molecule has 1 aliphatic heterocycles. The fraction of sp³-hybridized carbons (Fsp3) is 0.500. The van der Waals surface area contributed by atoms with E-state index in [1.165, 1.54) is 0 Å². The highest BCUT2D eigenvalue weighted by Gasteiger charge is 2.42. The zero-order valence-electron chi connectivity index (χ0n) is 19.4. The summed E-state index contributed by atoms with van der Waals surface area (Å²) >= 11 is 6.28. The van der Waals surface area contributed by atoms with Crippen LogP contribution in [0.15, 0.2) is 48.5 Å². The molecule has 2 aromatic carbocycles. The lowest BCUT2D eigenvalue weighted by Gasteiger charge is -2.42. The summed E-state index contributed by atoms with van der Waals surface area (Å²) in [5, 5.41) is 12.2. The highest BCUT2D eigenvalue weighted by atomic mass is 35.5. The number of piperidine rings is 1. The molecule has 3 rings (SSSR count). The van der Waals surface area contributed by atoms with Gasteiger partial charge in [-0.3, -0.25) is 4.79 Å². The monoisotopic (exact) mass is 458 g/mol. The molecular formula is C26H35ClN2O3. The number of aliphatic hydroxyl groups is 1. The van der Waals surface area contributed by atoms with Gasteiger partial charge in [0.1, 0.15) is 5.75 Å². The number of amides is 1. The van der Waals surface area contributed by atoms with Gasteiger partial charge in [-0.25, -0.2) is 0 Å². The summed E-state index contributed by atoms with van der Waals surface area (Å²) in [5.41, 5.74) is 0.895. The molecule has 1 saturated heterocycles. The van der Waals surface area contributed by atoms with E-state index < -0.39 is 11.5 Å². The van der Waals surface area contributed by atoms with Crippen molar-refractivity contribution in [2.75, 3.05) is 38.2 Å². The lowest BCUT2D eigenvalue weighted by atomic mass is 9.79. The molecule has 1 N–H and O–H groups in total. The minimum absolute atomic E-state index is 0.0524. The van der Waals surface area contributed by atoms with Crippen LogP contribution in [0.1, 0.15) is 38.7 Å². The Morgan fingerprint density at radius 1 is 1.19 bits per heavy atom. The number of likely N-dealkylation sites (tertiary alicyclic amines) is 1. The number of rotatable bonds is 9. The molecule has 6 heteroatoms. The van der Waals surface area contributed by atoms with Gasteiger partial charge in [0, 0.05) is 31.2 Å². The van der Waals surface area contributed by atoms with Crippen LogP contribution in [-0.2, 0) is 11.2 Å². The highest BCUT2D eigenvalue weighted by Crippen LogP contribution is 2.35. The second kappa shape index (κ2) is 11.2. The number of para-hydroxylation sites is 2. The number of nitrogens with zero attached hydrogens (tertiary/aromatic N) is 2. The number of benzene rings is 2. The lowest BCUT2D eigenvalue weighted by Crippen LogP contribution is -2.53. The molecule has 1 fully saturated rings. The topological polar surface area (TPSA) is 53.0 Å². The maximum absolute atomic E-state index is 13.5. The third-order valence-electron chi connectivity index (χ3n) is 6.64. The van der Waals surface area contributed by atoms with Crippen LogP contribution in [0.5, 0.6) is 5.75 Å². The van der Waals surface area contributed by atoms with E-state index in [0.717, 1.165) is 48.7 Å². The molecule has 1 aliphatic rings. The lowest BCUT2D eigenvalue weighted by molar-refractivity contribution is -0.135. The van der Waals surface area contributed by atoms with Gasteiger partial charge in [-0.1, -0.05) is 55.8 Å². The van der Waals surface area contributed by atoms with E-state index in [9.17, 15) is 9.90 Å². The van der Waals surface area contributed by atoms with E-state index in [4.69, 9.17) is 16.3 Å². The van der Waals surface area contributed by atoms with Gasteiger partial charge < -0.3 is 19.6 Å². The molecule has 0 aliphatic carbocycles. The van der Waals surface area contributed by atoms with Crippen molar-refractivity contribution in [2.24, 2.45) is 5.92 Å². The van der Waals surface area contributed by atoms with Gasteiger partial charge in [-0.2, -0.15) is 0 Å². The number of halogens is 1. The van der Waals surface area contributed by atoms with Crippen LogP contribution in [0.25, 0.3) is 0 Å². The summed E-state index contributed by atoms with van der Waals surface area (Å²) in [5.74, 6) is 0.121. The zero-order valence-corrected chi connectivity index (χ0v) is 20.1. The Morgan fingerprint density at radius 3 is 2.50 bits per heavy atom. The largest absolute Gasteiger partial charge is 0.495 e. The van der Waals surface area contributed by atoms with Gasteiger partial charge in [0.05, 0.1) is 24.3 Å². The summed E-state index contributed by atoms with van der Waals surface area (Å²) in [7, 11) is 1.61. The van der Waals surface area contributed by atoms with E-state index in [0.29, 0.717) is 25.1 Å². The quantitative estimate of drug-likeness (QED) is 0.586. The number of hydrogen-bond acceptors (Lipinski definition) is 4. The number of anilines is 1. The number of ether oxygens (including phenoxy) is 1. The Labute approximate surface area is 196 Å². The summed E-state index contributed by atoms with van der Waals surface area (Å²) < 4.78 is 5.49. The van der Waals surface area contributed by atoms with Crippen LogP contribution in [-0.4, -0.2) is 54.8 Å². The summed E-state index contributed by atoms with van der Waals surface area (Å²) in [6, 6.07) is 15.5. The van der Waals surface area contributed by atoms with Crippen LogP contribution < -0.4 is 9.64 Å². The minimum atomic E-state index is -1.01.